The average Bonchev–Trinajstić information content (AvgIpc) is 2.50. The Morgan fingerprint density at radius 2 is 2.18 bits per heavy atom. The van der Waals surface area contributed by atoms with Crippen LogP contribution in [0.5, 0.6) is 11.5 Å². The van der Waals surface area contributed by atoms with Crippen molar-refractivity contribution in [1.29, 1.82) is 0 Å². The first-order valence-corrected chi connectivity index (χ1v) is 7.02. The molecule has 0 fully saturated rings. The molecule has 0 heterocycles. The molecule has 2 aromatic carbocycles. The molecule has 0 atom stereocenters. The van der Waals surface area contributed by atoms with Gasteiger partial charge < -0.3 is 9.84 Å². The fraction of sp³-hybridized carbons (Fsp3) is 0.125. The Labute approximate surface area is 133 Å². The van der Waals surface area contributed by atoms with Crippen LogP contribution in [0, 0.1) is 0 Å². The summed E-state index contributed by atoms with van der Waals surface area (Å²) in [4.78, 5) is 11.8. The molecule has 0 unspecified atom stereocenters. The summed E-state index contributed by atoms with van der Waals surface area (Å²) in [6.45, 7) is 2.30. The van der Waals surface area contributed by atoms with Crippen molar-refractivity contribution < 1.29 is 14.6 Å². The predicted molar refractivity (Wildman–Crippen MR) is 85.8 cm³/mol. The number of benzene rings is 2. The smallest absolute Gasteiger partial charge is 0.271 e. The topological polar surface area (TPSA) is 70.9 Å². The van der Waals surface area contributed by atoms with Gasteiger partial charge in [-0.3, -0.25) is 4.79 Å². The number of hydrogen-bond acceptors (Lipinski definition) is 4. The Morgan fingerprint density at radius 3 is 2.86 bits per heavy atom. The Bertz CT molecular complexity index is 702. The number of phenolic OH excluding ortho intramolecular Hbond substituents is 1. The normalized spacial score (nSPS) is 10.6. The minimum Gasteiger partial charge on any atom is -0.504 e. The minimum atomic E-state index is -0.367. The third kappa shape index (κ3) is 4.23. The molecular weight excluding hydrogens is 304 g/mol. The van der Waals surface area contributed by atoms with Gasteiger partial charge in [0, 0.05) is 10.6 Å². The number of hydrazone groups is 1. The first kappa shape index (κ1) is 15.9. The largest absolute Gasteiger partial charge is 0.504 e. The Morgan fingerprint density at radius 1 is 1.36 bits per heavy atom. The van der Waals surface area contributed by atoms with Crippen molar-refractivity contribution >= 4 is 23.7 Å². The molecule has 6 heteroatoms. The second-order valence-corrected chi connectivity index (χ2v) is 4.81. The molecule has 0 bridgehead atoms. The van der Waals surface area contributed by atoms with Gasteiger partial charge in [0.15, 0.2) is 11.5 Å². The maximum absolute atomic E-state index is 11.8. The molecule has 0 radical (unpaired) electrons. The lowest BCUT2D eigenvalue weighted by Gasteiger charge is -2.05. The highest BCUT2D eigenvalue weighted by molar-refractivity contribution is 6.30. The molecule has 0 aliphatic rings. The van der Waals surface area contributed by atoms with E-state index in [4.69, 9.17) is 16.3 Å². The summed E-state index contributed by atoms with van der Waals surface area (Å²) >= 11 is 5.82. The summed E-state index contributed by atoms with van der Waals surface area (Å²) in [5.41, 5.74) is 3.44. The minimum absolute atomic E-state index is 0.0203. The molecule has 0 spiro atoms. The van der Waals surface area contributed by atoms with E-state index < -0.39 is 0 Å². The van der Waals surface area contributed by atoms with Crippen LogP contribution in [0.2, 0.25) is 5.02 Å². The van der Waals surface area contributed by atoms with Crippen molar-refractivity contribution in [2.24, 2.45) is 5.10 Å². The van der Waals surface area contributed by atoms with Crippen molar-refractivity contribution in [3.05, 3.63) is 58.6 Å². The van der Waals surface area contributed by atoms with Crippen LogP contribution in [-0.2, 0) is 0 Å². The van der Waals surface area contributed by atoms with E-state index in [1.54, 1.807) is 36.4 Å². The van der Waals surface area contributed by atoms with Gasteiger partial charge in [-0.15, -0.1) is 0 Å². The van der Waals surface area contributed by atoms with Crippen molar-refractivity contribution in [3.63, 3.8) is 0 Å². The van der Waals surface area contributed by atoms with E-state index in [0.717, 1.165) is 0 Å². The lowest BCUT2D eigenvalue weighted by molar-refractivity contribution is 0.0955. The highest BCUT2D eigenvalue weighted by atomic mass is 35.5. The summed E-state index contributed by atoms with van der Waals surface area (Å²) in [5.74, 6) is 0.0588. The Balaban J connectivity index is 2.00. The van der Waals surface area contributed by atoms with Gasteiger partial charge in [0.05, 0.1) is 12.8 Å². The molecule has 0 saturated carbocycles. The fourth-order valence-corrected chi connectivity index (χ4v) is 1.94. The molecule has 5 nitrogen and oxygen atoms in total. The molecule has 114 valence electrons. The third-order valence-electron chi connectivity index (χ3n) is 2.75. The van der Waals surface area contributed by atoms with Gasteiger partial charge in [-0.05, 0) is 48.9 Å². The average molecular weight is 319 g/mol. The van der Waals surface area contributed by atoms with E-state index in [1.807, 2.05) is 6.92 Å². The van der Waals surface area contributed by atoms with Crippen molar-refractivity contribution in [2.45, 2.75) is 6.92 Å². The lowest BCUT2D eigenvalue weighted by atomic mass is 10.2. The van der Waals surface area contributed by atoms with E-state index >= 15 is 0 Å². The van der Waals surface area contributed by atoms with Crippen LogP contribution in [0.4, 0.5) is 0 Å². The van der Waals surface area contributed by atoms with E-state index in [9.17, 15) is 9.90 Å². The zero-order chi connectivity index (χ0) is 15.9. The van der Waals surface area contributed by atoms with Gasteiger partial charge in [-0.2, -0.15) is 5.10 Å². The van der Waals surface area contributed by atoms with Gasteiger partial charge in [0.1, 0.15) is 0 Å². The van der Waals surface area contributed by atoms with Crippen LogP contribution in [0.1, 0.15) is 22.8 Å². The van der Waals surface area contributed by atoms with Crippen molar-refractivity contribution in [2.75, 3.05) is 6.61 Å². The molecule has 0 aromatic heterocycles. The highest BCUT2D eigenvalue weighted by Gasteiger charge is 2.04. The lowest BCUT2D eigenvalue weighted by Crippen LogP contribution is -2.17. The number of nitrogens with zero attached hydrogens (tertiary/aromatic N) is 1. The van der Waals surface area contributed by atoms with E-state index in [0.29, 0.717) is 28.5 Å². The third-order valence-corrected chi connectivity index (χ3v) is 2.98. The van der Waals surface area contributed by atoms with Gasteiger partial charge in [-0.1, -0.05) is 17.7 Å². The maximum atomic E-state index is 11.8. The zero-order valence-electron chi connectivity index (χ0n) is 11.9. The molecule has 22 heavy (non-hydrogen) atoms. The van der Waals surface area contributed by atoms with Crippen LogP contribution < -0.4 is 10.2 Å². The standard InChI is InChI=1S/C16H15ClN2O3/c1-2-22-15-7-6-11(8-14(15)20)10-18-19-16(21)12-4-3-5-13(17)9-12/h3-10,20H,2H2,1H3,(H,19,21). The van der Waals surface area contributed by atoms with Crippen LogP contribution in [0.3, 0.4) is 0 Å². The Kier molecular flexibility index (Phi) is 5.38. The van der Waals surface area contributed by atoms with Crippen LogP contribution in [0.15, 0.2) is 47.6 Å². The second kappa shape index (κ2) is 7.47. The van der Waals surface area contributed by atoms with Gasteiger partial charge in [0.2, 0.25) is 0 Å². The van der Waals surface area contributed by atoms with Gasteiger partial charge >= 0.3 is 0 Å². The molecule has 0 saturated heterocycles. The van der Waals surface area contributed by atoms with Crippen LogP contribution in [-0.4, -0.2) is 23.8 Å². The number of ether oxygens (including phenoxy) is 1. The molecule has 2 N–H and O–H groups in total. The zero-order valence-corrected chi connectivity index (χ0v) is 12.7. The van der Waals surface area contributed by atoms with Gasteiger partial charge in [0.25, 0.3) is 5.91 Å². The number of aromatic hydroxyl groups is 1. The van der Waals surface area contributed by atoms with E-state index in [2.05, 4.69) is 10.5 Å². The van der Waals surface area contributed by atoms with Crippen molar-refractivity contribution in [3.8, 4) is 11.5 Å². The summed E-state index contributed by atoms with van der Waals surface area (Å²) in [7, 11) is 0. The molecule has 2 rings (SSSR count). The predicted octanol–water partition coefficient (Wildman–Crippen LogP) is 3.21. The highest BCUT2D eigenvalue weighted by Crippen LogP contribution is 2.26. The first-order chi connectivity index (χ1) is 10.6. The summed E-state index contributed by atoms with van der Waals surface area (Å²) in [6, 6.07) is 11.4. The van der Waals surface area contributed by atoms with Crippen LogP contribution >= 0.6 is 11.6 Å². The summed E-state index contributed by atoms with van der Waals surface area (Å²) in [6.07, 6.45) is 1.43. The number of phenols is 1. The summed E-state index contributed by atoms with van der Waals surface area (Å²) < 4.78 is 5.23. The number of rotatable bonds is 5. The number of carbonyl (C=O) groups is 1. The van der Waals surface area contributed by atoms with Gasteiger partial charge in [-0.25, -0.2) is 5.43 Å². The number of amides is 1. The molecule has 0 aliphatic heterocycles. The quantitative estimate of drug-likeness (QED) is 0.657. The molecule has 2 aromatic rings. The van der Waals surface area contributed by atoms with E-state index in [1.165, 1.54) is 12.3 Å². The Hall–Kier alpha value is -2.53. The number of nitrogens with one attached hydrogen (secondary N) is 1. The molecule has 1 amide bonds. The monoisotopic (exact) mass is 318 g/mol. The summed E-state index contributed by atoms with van der Waals surface area (Å²) in [5, 5.41) is 14.1. The number of halogens is 1. The second-order valence-electron chi connectivity index (χ2n) is 4.37. The fourth-order valence-electron chi connectivity index (χ4n) is 1.75. The maximum Gasteiger partial charge on any atom is 0.271 e. The first-order valence-electron chi connectivity index (χ1n) is 6.65. The SMILES string of the molecule is CCOc1ccc(C=NNC(=O)c2cccc(Cl)c2)cc1O. The number of hydrogen-bond donors (Lipinski definition) is 2. The van der Waals surface area contributed by atoms with Crippen LogP contribution in [0.25, 0.3) is 0 Å². The number of carbonyl (C=O) groups excluding carboxylic acids is 1. The van der Waals surface area contributed by atoms with E-state index in [-0.39, 0.29) is 11.7 Å². The molecular formula is C16H15ClN2O3. The van der Waals surface area contributed by atoms with Crippen molar-refractivity contribution in [1.82, 2.24) is 5.43 Å². The molecule has 0 aliphatic carbocycles.